The molecule has 0 bridgehead atoms. The summed E-state index contributed by atoms with van der Waals surface area (Å²) in [7, 11) is 0. The fourth-order valence-electron chi connectivity index (χ4n) is 2.23. The van der Waals surface area contributed by atoms with Crippen LogP contribution in [-0.2, 0) is 11.3 Å². The summed E-state index contributed by atoms with van der Waals surface area (Å²) in [5, 5.41) is 9.08. The van der Waals surface area contributed by atoms with Gasteiger partial charge in [0.2, 0.25) is 0 Å². The molecule has 0 radical (unpaired) electrons. The molecule has 0 aliphatic carbocycles. The van der Waals surface area contributed by atoms with Crippen molar-refractivity contribution in [2.45, 2.75) is 6.54 Å². The van der Waals surface area contributed by atoms with Crippen molar-refractivity contribution in [1.29, 1.82) is 0 Å². The smallest absolute Gasteiger partial charge is 0.323 e. The van der Waals surface area contributed by atoms with Gasteiger partial charge in [-0.1, -0.05) is 23.7 Å². The minimum absolute atomic E-state index is 0.0136. The zero-order chi connectivity index (χ0) is 15.0. The molecule has 1 heterocycles. The van der Waals surface area contributed by atoms with Crippen molar-refractivity contribution in [3.05, 3.63) is 53.3 Å². The largest absolute Gasteiger partial charge is 0.480 e. The van der Waals surface area contributed by atoms with Crippen molar-refractivity contribution in [3.8, 4) is 11.4 Å². The number of carboxylic acids is 1. The lowest BCUT2D eigenvalue weighted by Crippen LogP contribution is -2.10. The molecular formula is C15H10ClFN2O2. The number of carboxylic acid groups (broad SMARTS) is 1. The number of para-hydroxylation sites is 2. The van der Waals surface area contributed by atoms with E-state index < -0.39 is 11.8 Å². The molecule has 0 aliphatic rings. The first-order valence-electron chi connectivity index (χ1n) is 6.19. The quantitative estimate of drug-likeness (QED) is 0.804. The third kappa shape index (κ3) is 2.48. The van der Waals surface area contributed by atoms with Gasteiger partial charge in [-0.05, 0) is 30.3 Å². The fourth-order valence-corrected chi connectivity index (χ4v) is 2.34. The van der Waals surface area contributed by atoms with Gasteiger partial charge in [-0.25, -0.2) is 9.37 Å². The zero-order valence-corrected chi connectivity index (χ0v) is 11.5. The van der Waals surface area contributed by atoms with Gasteiger partial charge in [-0.3, -0.25) is 4.79 Å². The second kappa shape index (κ2) is 5.18. The van der Waals surface area contributed by atoms with Crippen LogP contribution in [0.2, 0.25) is 5.02 Å². The number of aromatic nitrogens is 2. The highest BCUT2D eigenvalue weighted by atomic mass is 35.5. The number of hydrogen-bond donors (Lipinski definition) is 1. The maximum Gasteiger partial charge on any atom is 0.323 e. The van der Waals surface area contributed by atoms with E-state index in [4.69, 9.17) is 16.7 Å². The Hall–Kier alpha value is -2.40. The molecule has 0 aliphatic heterocycles. The minimum Gasteiger partial charge on any atom is -0.480 e. The van der Waals surface area contributed by atoms with Gasteiger partial charge in [0, 0.05) is 5.56 Å². The first kappa shape index (κ1) is 13.6. The topological polar surface area (TPSA) is 55.1 Å². The minimum atomic E-state index is -0.992. The molecule has 0 saturated heterocycles. The number of carbonyl (C=O) groups is 1. The van der Waals surface area contributed by atoms with Crippen molar-refractivity contribution >= 4 is 28.6 Å². The third-order valence-electron chi connectivity index (χ3n) is 3.13. The van der Waals surface area contributed by atoms with Gasteiger partial charge >= 0.3 is 5.97 Å². The molecule has 0 unspecified atom stereocenters. The molecule has 1 aromatic heterocycles. The molecule has 3 aromatic rings. The number of imidazole rings is 1. The van der Waals surface area contributed by atoms with E-state index in [1.165, 1.54) is 12.1 Å². The van der Waals surface area contributed by atoms with Gasteiger partial charge in [0.25, 0.3) is 0 Å². The van der Waals surface area contributed by atoms with Crippen LogP contribution in [0.5, 0.6) is 0 Å². The molecule has 0 spiro atoms. The molecule has 4 nitrogen and oxygen atoms in total. The molecule has 21 heavy (non-hydrogen) atoms. The lowest BCUT2D eigenvalue weighted by Gasteiger charge is -2.07. The van der Waals surface area contributed by atoms with Gasteiger partial charge in [0.05, 0.1) is 16.1 Å². The zero-order valence-electron chi connectivity index (χ0n) is 10.8. The van der Waals surface area contributed by atoms with E-state index in [0.717, 1.165) is 0 Å². The van der Waals surface area contributed by atoms with E-state index in [1.807, 2.05) is 6.07 Å². The first-order valence-corrected chi connectivity index (χ1v) is 6.56. The fraction of sp³-hybridized carbons (Fsp3) is 0.0667. The van der Waals surface area contributed by atoms with Crippen LogP contribution in [0.15, 0.2) is 42.5 Å². The lowest BCUT2D eigenvalue weighted by molar-refractivity contribution is -0.137. The summed E-state index contributed by atoms with van der Waals surface area (Å²) in [4.78, 5) is 15.5. The van der Waals surface area contributed by atoms with Gasteiger partial charge in [0.15, 0.2) is 0 Å². The van der Waals surface area contributed by atoms with E-state index in [1.54, 1.807) is 28.8 Å². The van der Waals surface area contributed by atoms with Crippen LogP contribution < -0.4 is 0 Å². The summed E-state index contributed by atoms with van der Waals surface area (Å²) in [5.41, 5.74) is 1.82. The van der Waals surface area contributed by atoms with Crippen molar-refractivity contribution in [2.24, 2.45) is 0 Å². The van der Waals surface area contributed by atoms with E-state index in [0.29, 0.717) is 22.4 Å². The predicted molar refractivity (Wildman–Crippen MR) is 77.8 cm³/mol. The van der Waals surface area contributed by atoms with Crippen LogP contribution in [0.25, 0.3) is 22.4 Å². The average Bonchev–Trinajstić information content (AvgIpc) is 2.80. The van der Waals surface area contributed by atoms with Crippen LogP contribution in [0.3, 0.4) is 0 Å². The van der Waals surface area contributed by atoms with Crippen molar-refractivity contribution < 1.29 is 14.3 Å². The monoisotopic (exact) mass is 304 g/mol. The number of halogens is 2. The molecule has 0 amide bonds. The maximum atomic E-state index is 13.6. The number of rotatable bonds is 3. The van der Waals surface area contributed by atoms with Crippen LogP contribution in [0.4, 0.5) is 4.39 Å². The Kier molecular flexibility index (Phi) is 3.35. The standard InChI is InChI=1S/C15H10ClFN2O2/c16-10-6-5-9(7-11(10)17)15-18-12-3-1-2-4-13(12)19(15)8-14(20)21/h1-7H,8H2,(H,20,21). The molecule has 3 rings (SSSR count). The summed E-state index contributed by atoms with van der Waals surface area (Å²) in [5.74, 6) is -1.16. The molecule has 2 aromatic carbocycles. The molecule has 0 fully saturated rings. The molecule has 0 saturated carbocycles. The number of aliphatic carboxylic acids is 1. The second-order valence-corrected chi connectivity index (χ2v) is 4.94. The Morgan fingerprint density at radius 2 is 2.05 bits per heavy atom. The highest BCUT2D eigenvalue weighted by molar-refractivity contribution is 6.30. The Morgan fingerprint density at radius 3 is 2.76 bits per heavy atom. The Balaban J connectivity index is 2.25. The second-order valence-electron chi connectivity index (χ2n) is 4.53. The van der Waals surface area contributed by atoms with Gasteiger partial charge in [-0.2, -0.15) is 0 Å². The number of fused-ring (bicyclic) bond motifs is 1. The Morgan fingerprint density at radius 1 is 1.29 bits per heavy atom. The maximum absolute atomic E-state index is 13.6. The molecule has 106 valence electrons. The van der Waals surface area contributed by atoms with Crippen LogP contribution >= 0.6 is 11.6 Å². The average molecular weight is 305 g/mol. The van der Waals surface area contributed by atoms with Crippen molar-refractivity contribution in [3.63, 3.8) is 0 Å². The predicted octanol–water partition coefficient (Wildman–Crippen LogP) is 3.58. The normalized spacial score (nSPS) is 11.0. The first-order chi connectivity index (χ1) is 10.1. The van der Waals surface area contributed by atoms with Crippen LogP contribution in [0, 0.1) is 5.82 Å². The van der Waals surface area contributed by atoms with Crippen LogP contribution in [-0.4, -0.2) is 20.6 Å². The third-order valence-corrected chi connectivity index (χ3v) is 3.43. The highest BCUT2D eigenvalue weighted by Crippen LogP contribution is 2.27. The van der Waals surface area contributed by atoms with Gasteiger partial charge < -0.3 is 9.67 Å². The highest BCUT2D eigenvalue weighted by Gasteiger charge is 2.15. The van der Waals surface area contributed by atoms with Gasteiger partial charge in [0.1, 0.15) is 18.2 Å². The summed E-state index contributed by atoms with van der Waals surface area (Å²) in [6.45, 7) is -0.250. The van der Waals surface area contributed by atoms with Crippen LogP contribution in [0.1, 0.15) is 0 Å². The molecular weight excluding hydrogens is 295 g/mol. The Labute approximate surface area is 124 Å². The number of benzene rings is 2. The number of nitrogens with zero attached hydrogens (tertiary/aromatic N) is 2. The van der Waals surface area contributed by atoms with Crippen molar-refractivity contribution in [1.82, 2.24) is 9.55 Å². The molecule has 6 heteroatoms. The Bertz CT molecular complexity index is 845. The SMILES string of the molecule is O=C(O)Cn1c(-c2ccc(Cl)c(F)c2)nc2ccccc21. The van der Waals surface area contributed by atoms with E-state index in [2.05, 4.69) is 4.98 Å². The summed E-state index contributed by atoms with van der Waals surface area (Å²) in [6.07, 6.45) is 0. The molecule has 0 atom stereocenters. The number of hydrogen-bond acceptors (Lipinski definition) is 2. The summed E-state index contributed by atoms with van der Waals surface area (Å²) < 4.78 is 15.2. The molecule has 1 N–H and O–H groups in total. The lowest BCUT2D eigenvalue weighted by atomic mass is 10.2. The van der Waals surface area contributed by atoms with E-state index in [9.17, 15) is 9.18 Å². The van der Waals surface area contributed by atoms with Gasteiger partial charge in [-0.15, -0.1) is 0 Å². The van der Waals surface area contributed by atoms with E-state index in [-0.39, 0.29) is 11.6 Å². The van der Waals surface area contributed by atoms with E-state index >= 15 is 0 Å². The van der Waals surface area contributed by atoms with Crippen molar-refractivity contribution in [2.75, 3.05) is 0 Å². The summed E-state index contributed by atoms with van der Waals surface area (Å²) >= 11 is 5.67. The summed E-state index contributed by atoms with van der Waals surface area (Å²) in [6, 6.07) is 11.5.